The van der Waals surface area contributed by atoms with Crippen LogP contribution in [0.4, 0.5) is 5.69 Å². The first-order valence-electron chi connectivity index (χ1n) is 5.72. The minimum absolute atomic E-state index is 0.00954. The molecule has 1 amide bonds. The summed E-state index contributed by atoms with van der Waals surface area (Å²) in [7, 11) is 0. The standard InChI is InChI=1S/C12H14N2O5/c1-3-13(4-2)11(15)8-5-9(12(16)17)7-10(6-8)14(18)19/h5-7H,3-4H2,1-2H3,(H,16,17). The zero-order valence-corrected chi connectivity index (χ0v) is 10.6. The van der Waals surface area contributed by atoms with E-state index in [1.54, 1.807) is 13.8 Å². The van der Waals surface area contributed by atoms with Crippen molar-refractivity contribution >= 4 is 17.6 Å². The number of nitro groups is 1. The van der Waals surface area contributed by atoms with Gasteiger partial charge in [0.1, 0.15) is 0 Å². The number of aromatic carboxylic acids is 1. The average Bonchev–Trinajstić information content (AvgIpc) is 2.39. The summed E-state index contributed by atoms with van der Waals surface area (Å²) in [6.07, 6.45) is 0. The van der Waals surface area contributed by atoms with Gasteiger partial charge in [0.2, 0.25) is 0 Å². The monoisotopic (exact) mass is 266 g/mol. The average molecular weight is 266 g/mol. The molecule has 0 saturated heterocycles. The van der Waals surface area contributed by atoms with Crippen molar-refractivity contribution in [1.29, 1.82) is 0 Å². The molecular weight excluding hydrogens is 252 g/mol. The Morgan fingerprint density at radius 2 is 1.74 bits per heavy atom. The van der Waals surface area contributed by atoms with Crippen molar-refractivity contribution in [3.8, 4) is 0 Å². The molecule has 0 spiro atoms. The summed E-state index contributed by atoms with van der Waals surface area (Å²) in [5.41, 5.74) is -0.671. The van der Waals surface area contributed by atoms with E-state index in [9.17, 15) is 19.7 Å². The SMILES string of the molecule is CCN(CC)C(=O)c1cc(C(=O)O)cc([N+](=O)[O-])c1. The maximum Gasteiger partial charge on any atom is 0.335 e. The number of hydrogen-bond acceptors (Lipinski definition) is 4. The Kier molecular flexibility index (Phi) is 4.57. The highest BCUT2D eigenvalue weighted by molar-refractivity contribution is 5.98. The van der Waals surface area contributed by atoms with E-state index in [-0.39, 0.29) is 11.1 Å². The van der Waals surface area contributed by atoms with Gasteiger partial charge in [0.05, 0.1) is 10.5 Å². The molecule has 0 saturated carbocycles. The number of carboxylic acid groups (broad SMARTS) is 1. The summed E-state index contributed by atoms with van der Waals surface area (Å²) >= 11 is 0. The van der Waals surface area contributed by atoms with Gasteiger partial charge in [-0.1, -0.05) is 0 Å². The smallest absolute Gasteiger partial charge is 0.335 e. The molecule has 0 heterocycles. The van der Waals surface area contributed by atoms with Crippen molar-refractivity contribution in [1.82, 2.24) is 4.90 Å². The van der Waals surface area contributed by atoms with E-state index in [0.29, 0.717) is 13.1 Å². The van der Waals surface area contributed by atoms with E-state index in [1.165, 1.54) is 4.90 Å². The number of benzene rings is 1. The second-order valence-electron chi connectivity index (χ2n) is 3.81. The summed E-state index contributed by atoms with van der Waals surface area (Å²) in [5, 5.41) is 19.6. The Balaban J connectivity index is 3.30. The fraction of sp³-hybridized carbons (Fsp3) is 0.333. The zero-order chi connectivity index (χ0) is 14.6. The third kappa shape index (κ3) is 3.27. The lowest BCUT2D eigenvalue weighted by Gasteiger charge is -2.18. The minimum Gasteiger partial charge on any atom is -0.478 e. The number of carbonyl (C=O) groups is 2. The van der Waals surface area contributed by atoms with Gasteiger partial charge in [0.15, 0.2) is 0 Å². The Morgan fingerprint density at radius 1 is 1.21 bits per heavy atom. The molecule has 0 atom stereocenters. The van der Waals surface area contributed by atoms with Crippen molar-refractivity contribution in [2.75, 3.05) is 13.1 Å². The van der Waals surface area contributed by atoms with Crippen LogP contribution in [0.2, 0.25) is 0 Å². The van der Waals surface area contributed by atoms with Gasteiger partial charge >= 0.3 is 5.97 Å². The summed E-state index contributed by atoms with van der Waals surface area (Å²) < 4.78 is 0. The third-order valence-electron chi connectivity index (χ3n) is 2.67. The van der Waals surface area contributed by atoms with Crippen LogP contribution in [0.15, 0.2) is 18.2 Å². The van der Waals surface area contributed by atoms with Gasteiger partial charge in [0, 0.05) is 30.8 Å². The zero-order valence-electron chi connectivity index (χ0n) is 10.6. The first kappa shape index (κ1) is 14.6. The quantitative estimate of drug-likeness (QED) is 0.646. The molecule has 0 fully saturated rings. The normalized spacial score (nSPS) is 10.0. The number of carbonyl (C=O) groups excluding carboxylic acids is 1. The summed E-state index contributed by atoms with van der Waals surface area (Å²) in [6.45, 7) is 4.44. The largest absolute Gasteiger partial charge is 0.478 e. The Hall–Kier alpha value is -2.44. The van der Waals surface area contributed by atoms with Crippen LogP contribution in [-0.4, -0.2) is 39.9 Å². The number of hydrogen-bond donors (Lipinski definition) is 1. The van der Waals surface area contributed by atoms with Gasteiger partial charge in [0.25, 0.3) is 11.6 Å². The van der Waals surface area contributed by atoms with Crippen LogP contribution in [0.25, 0.3) is 0 Å². The number of rotatable bonds is 5. The van der Waals surface area contributed by atoms with Crippen LogP contribution >= 0.6 is 0 Å². The maximum absolute atomic E-state index is 12.1. The molecule has 0 bridgehead atoms. The molecule has 19 heavy (non-hydrogen) atoms. The van der Waals surface area contributed by atoms with E-state index >= 15 is 0 Å². The van der Waals surface area contributed by atoms with Crippen molar-refractivity contribution in [3.05, 3.63) is 39.4 Å². The predicted octanol–water partition coefficient (Wildman–Crippen LogP) is 1.78. The molecule has 0 radical (unpaired) electrons. The Bertz CT molecular complexity index is 491. The van der Waals surface area contributed by atoms with E-state index in [4.69, 9.17) is 5.11 Å². The molecule has 102 valence electrons. The molecule has 1 aromatic carbocycles. The molecule has 1 aromatic rings. The Labute approximate surface area is 109 Å². The highest BCUT2D eigenvalue weighted by Gasteiger charge is 2.19. The van der Waals surface area contributed by atoms with E-state index in [2.05, 4.69) is 0 Å². The van der Waals surface area contributed by atoms with Gasteiger partial charge in [-0.05, 0) is 19.9 Å². The molecule has 7 heteroatoms. The van der Waals surface area contributed by atoms with E-state index < -0.39 is 22.5 Å². The molecule has 1 rings (SSSR count). The van der Waals surface area contributed by atoms with Gasteiger partial charge in [-0.15, -0.1) is 0 Å². The molecule has 1 N–H and O–H groups in total. The van der Waals surface area contributed by atoms with Crippen LogP contribution in [-0.2, 0) is 0 Å². The lowest BCUT2D eigenvalue weighted by Crippen LogP contribution is -2.30. The number of nitrogens with zero attached hydrogens (tertiary/aromatic N) is 2. The number of carboxylic acids is 1. The van der Waals surface area contributed by atoms with Crippen molar-refractivity contribution in [3.63, 3.8) is 0 Å². The first-order valence-corrected chi connectivity index (χ1v) is 5.72. The number of nitro benzene ring substituents is 1. The van der Waals surface area contributed by atoms with Crippen LogP contribution in [0.5, 0.6) is 0 Å². The topological polar surface area (TPSA) is 101 Å². The lowest BCUT2D eigenvalue weighted by atomic mass is 10.1. The van der Waals surface area contributed by atoms with E-state index in [0.717, 1.165) is 18.2 Å². The van der Waals surface area contributed by atoms with Crippen LogP contribution < -0.4 is 0 Å². The van der Waals surface area contributed by atoms with Crippen molar-refractivity contribution in [2.45, 2.75) is 13.8 Å². The van der Waals surface area contributed by atoms with Crippen LogP contribution in [0.3, 0.4) is 0 Å². The van der Waals surface area contributed by atoms with Gasteiger partial charge in [-0.3, -0.25) is 14.9 Å². The van der Waals surface area contributed by atoms with Crippen molar-refractivity contribution < 1.29 is 19.6 Å². The first-order chi connectivity index (χ1) is 8.90. The second-order valence-corrected chi connectivity index (χ2v) is 3.81. The summed E-state index contributed by atoms with van der Waals surface area (Å²) in [5.74, 6) is -1.73. The predicted molar refractivity (Wildman–Crippen MR) is 67.3 cm³/mol. The van der Waals surface area contributed by atoms with Crippen LogP contribution in [0.1, 0.15) is 34.6 Å². The summed E-state index contributed by atoms with van der Waals surface area (Å²) in [6, 6.07) is 3.17. The Morgan fingerprint density at radius 3 is 2.16 bits per heavy atom. The van der Waals surface area contributed by atoms with Gasteiger partial charge in [-0.2, -0.15) is 0 Å². The number of non-ortho nitro benzene ring substituents is 1. The molecular formula is C12H14N2O5. The molecule has 0 aliphatic carbocycles. The molecule has 0 aromatic heterocycles. The minimum atomic E-state index is -1.31. The van der Waals surface area contributed by atoms with Gasteiger partial charge < -0.3 is 10.0 Å². The van der Waals surface area contributed by atoms with Gasteiger partial charge in [-0.25, -0.2) is 4.79 Å². The van der Waals surface area contributed by atoms with Crippen molar-refractivity contribution in [2.24, 2.45) is 0 Å². The highest BCUT2D eigenvalue weighted by atomic mass is 16.6. The second kappa shape index (κ2) is 5.94. The maximum atomic E-state index is 12.1. The fourth-order valence-electron chi connectivity index (χ4n) is 1.66. The lowest BCUT2D eigenvalue weighted by molar-refractivity contribution is -0.384. The summed E-state index contributed by atoms with van der Waals surface area (Å²) in [4.78, 5) is 34.5. The molecule has 0 aliphatic rings. The third-order valence-corrected chi connectivity index (χ3v) is 2.67. The molecule has 0 aliphatic heterocycles. The van der Waals surface area contributed by atoms with Crippen LogP contribution in [0, 0.1) is 10.1 Å². The molecule has 0 unspecified atom stereocenters. The molecule has 7 nitrogen and oxygen atoms in total. The number of amides is 1. The highest BCUT2D eigenvalue weighted by Crippen LogP contribution is 2.18. The van der Waals surface area contributed by atoms with E-state index in [1.807, 2.05) is 0 Å². The fourth-order valence-corrected chi connectivity index (χ4v) is 1.66.